The van der Waals surface area contributed by atoms with E-state index in [0.717, 1.165) is 18.1 Å². The highest BCUT2D eigenvalue weighted by molar-refractivity contribution is 5.90. The van der Waals surface area contributed by atoms with Crippen molar-refractivity contribution in [2.24, 2.45) is 0 Å². The molecule has 0 spiro atoms. The van der Waals surface area contributed by atoms with Crippen LogP contribution < -0.4 is 4.74 Å². The van der Waals surface area contributed by atoms with Crippen molar-refractivity contribution < 1.29 is 32.5 Å². The molecule has 0 radical (unpaired) electrons. The van der Waals surface area contributed by atoms with Gasteiger partial charge in [-0.25, -0.2) is 14.8 Å². The molecule has 4 rings (SSSR count). The summed E-state index contributed by atoms with van der Waals surface area (Å²) in [6.45, 7) is 5.36. The second kappa shape index (κ2) is 9.30. The highest BCUT2D eigenvalue weighted by Crippen LogP contribution is 2.46. The number of aromatic nitrogens is 2. The summed E-state index contributed by atoms with van der Waals surface area (Å²) in [5.74, 6) is -0.856. The lowest BCUT2D eigenvalue weighted by Gasteiger charge is -2.30. The number of hydrogen-bond donors (Lipinski definition) is 1. The van der Waals surface area contributed by atoms with Crippen LogP contribution in [0.1, 0.15) is 50.0 Å². The normalized spacial score (nSPS) is 14.7. The maximum absolute atomic E-state index is 14.3. The van der Waals surface area contributed by atoms with Gasteiger partial charge in [-0.15, -0.1) is 0 Å². The molecule has 1 aliphatic heterocycles. The number of aliphatic carboxylic acids is 1. The lowest BCUT2D eigenvalue weighted by atomic mass is 9.85. The first-order valence-corrected chi connectivity index (χ1v) is 11.1. The summed E-state index contributed by atoms with van der Waals surface area (Å²) in [7, 11) is 0. The summed E-state index contributed by atoms with van der Waals surface area (Å²) in [6.07, 6.45) is -2.46. The van der Waals surface area contributed by atoms with Crippen LogP contribution in [0.2, 0.25) is 0 Å². The summed E-state index contributed by atoms with van der Waals surface area (Å²) in [5.41, 5.74) is -0.499. The fraction of sp³-hybridized carbons (Fsp3) is 0.346. The number of benzene rings is 2. The summed E-state index contributed by atoms with van der Waals surface area (Å²) >= 11 is 0. The lowest BCUT2D eigenvalue weighted by Crippen LogP contribution is -2.29. The molecule has 1 aromatic heterocycles. The maximum Gasteiger partial charge on any atom is 0.416 e. The zero-order valence-corrected chi connectivity index (χ0v) is 19.5. The van der Waals surface area contributed by atoms with E-state index in [1.165, 1.54) is 18.6 Å². The van der Waals surface area contributed by atoms with Gasteiger partial charge < -0.3 is 14.6 Å². The molecule has 0 saturated carbocycles. The van der Waals surface area contributed by atoms with E-state index in [2.05, 4.69) is 9.97 Å². The van der Waals surface area contributed by atoms with Crippen LogP contribution in [0.3, 0.4) is 0 Å². The van der Waals surface area contributed by atoms with Crippen LogP contribution >= 0.6 is 0 Å². The monoisotopic (exact) mass is 486 g/mol. The van der Waals surface area contributed by atoms with Crippen molar-refractivity contribution in [2.75, 3.05) is 6.61 Å². The van der Waals surface area contributed by atoms with Crippen LogP contribution in [0.5, 0.6) is 5.75 Å². The Kier molecular flexibility index (Phi) is 6.55. The van der Waals surface area contributed by atoms with Gasteiger partial charge in [0.05, 0.1) is 23.5 Å². The number of aryl methyl sites for hydroxylation is 1. The summed E-state index contributed by atoms with van der Waals surface area (Å²) < 4.78 is 54.3. The second-order valence-corrected chi connectivity index (χ2v) is 9.26. The highest BCUT2D eigenvalue weighted by Gasteiger charge is 2.41. The predicted molar refractivity (Wildman–Crippen MR) is 123 cm³/mol. The molecule has 0 amide bonds. The van der Waals surface area contributed by atoms with Crippen molar-refractivity contribution in [1.29, 1.82) is 0 Å². The summed E-state index contributed by atoms with van der Waals surface area (Å²) in [5, 5.41) is 10.1. The molecule has 184 valence electrons. The number of carboxylic acid groups (broad SMARTS) is 1. The van der Waals surface area contributed by atoms with Crippen LogP contribution in [0.4, 0.5) is 13.2 Å². The van der Waals surface area contributed by atoms with E-state index in [-0.39, 0.29) is 5.56 Å². The SMILES string of the molecule is CC(C)(C)OC(C(=O)O)c1c(C(F)(F)F)ccc(-c2ccncn2)c1-c1ccc2c(c1)CCCO2. The van der Waals surface area contributed by atoms with E-state index in [0.29, 0.717) is 35.6 Å². The Morgan fingerprint density at radius 1 is 1.14 bits per heavy atom. The third-order valence-electron chi connectivity index (χ3n) is 5.56. The van der Waals surface area contributed by atoms with Gasteiger partial charge in [0.2, 0.25) is 0 Å². The summed E-state index contributed by atoms with van der Waals surface area (Å²) in [6, 6.07) is 8.88. The Labute approximate surface area is 200 Å². The molecule has 0 aliphatic carbocycles. The summed E-state index contributed by atoms with van der Waals surface area (Å²) in [4.78, 5) is 20.5. The van der Waals surface area contributed by atoms with Gasteiger partial charge in [-0.05, 0) is 74.6 Å². The maximum atomic E-state index is 14.3. The number of carboxylic acids is 1. The Hall–Kier alpha value is -3.46. The molecule has 3 aromatic rings. The van der Waals surface area contributed by atoms with E-state index < -0.39 is 35.0 Å². The number of hydrogen-bond acceptors (Lipinski definition) is 5. The fourth-order valence-electron chi connectivity index (χ4n) is 4.22. The number of alkyl halides is 3. The third kappa shape index (κ3) is 5.30. The van der Waals surface area contributed by atoms with Gasteiger partial charge in [0.15, 0.2) is 6.10 Å². The van der Waals surface area contributed by atoms with E-state index in [4.69, 9.17) is 9.47 Å². The number of nitrogens with zero attached hydrogens (tertiary/aromatic N) is 2. The van der Waals surface area contributed by atoms with Crippen LogP contribution in [0, 0.1) is 0 Å². The lowest BCUT2D eigenvalue weighted by molar-refractivity contribution is -0.163. The van der Waals surface area contributed by atoms with Crippen molar-refractivity contribution in [3.63, 3.8) is 0 Å². The zero-order chi connectivity index (χ0) is 25.4. The van der Waals surface area contributed by atoms with Gasteiger partial charge in [0.1, 0.15) is 12.1 Å². The van der Waals surface area contributed by atoms with Gasteiger partial charge in [0, 0.05) is 17.3 Å². The van der Waals surface area contributed by atoms with E-state index in [1.54, 1.807) is 45.0 Å². The van der Waals surface area contributed by atoms with E-state index >= 15 is 0 Å². The average molecular weight is 486 g/mol. The molecule has 1 atom stereocenters. The molecule has 0 bridgehead atoms. The van der Waals surface area contributed by atoms with Gasteiger partial charge in [-0.1, -0.05) is 12.1 Å². The van der Waals surface area contributed by atoms with Crippen LogP contribution in [-0.2, 0) is 22.1 Å². The Morgan fingerprint density at radius 3 is 2.54 bits per heavy atom. The molecule has 9 heteroatoms. The quantitative estimate of drug-likeness (QED) is 0.470. The topological polar surface area (TPSA) is 81.5 Å². The minimum atomic E-state index is -4.82. The molecule has 2 aromatic carbocycles. The largest absolute Gasteiger partial charge is 0.493 e. The first-order valence-electron chi connectivity index (χ1n) is 11.1. The molecule has 1 aliphatic rings. The van der Waals surface area contributed by atoms with Gasteiger partial charge in [-0.2, -0.15) is 13.2 Å². The van der Waals surface area contributed by atoms with E-state index in [9.17, 15) is 23.1 Å². The average Bonchev–Trinajstić information content (AvgIpc) is 2.80. The molecule has 2 heterocycles. The molecule has 1 unspecified atom stereocenters. The van der Waals surface area contributed by atoms with Crippen molar-refractivity contribution in [3.05, 3.63) is 65.6 Å². The standard InChI is InChI=1S/C26H25F3N2O4/c1-25(2,3)35-23(24(32)33)22-18(26(27,28)29)8-7-17(19-10-11-30-14-31-19)21(22)16-6-9-20-15(13-16)5-4-12-34-20/h6-11,13-14,23H,4-5,12H2,1-3H3,(H,32,33). The van der Waals surface area contributed by atoms with Gasteiger partial charge in [-0.3, -0.25) is 0 Å². The molecule has 6 nitrogen and oxygen atoms in total. The van der Waals surface area contributed by atoms with E-state index in [1.807, 2.05) is 0 Å². The molecule has 1 N–H and O–H groups in total. The first-order chi connectivity index (χ1) is 16.5. The number of fused-ring (bicyclic) bond motifs is 1. The minimum Gasteiger partial charge on any atom is -0.493 e. The Bertz CT molecular complexity index is 1240. The molecule has 35 heavy (non-hydrogen) atoms. The smallest absolute Gasteiger partial charge is 0.416 e. The highest BCUT2D eigenvalue weighted by atomic mass is 19.4. The van der Waals surface area contributed by atoms with Crippen molar-refractivity contribution in [3.8, 4) is 28.1 Å². The number of ether oxygens (including phenoxy) is 2. The molecule has 0 fully saturated rings. The number of carbonyl (C=O) groups is 1. The number of halogens is 3. The molecular weight excluding hydrogens is 461 g/mol. The predicted octanol–water partition coefficient (Wildman–Crippen LogP) is 6.10. The van der Waals surface area contributed by atoms with Crippen molar-refractivity contribution in [1.82, 2.24) is 9.97 Å². The van der Waals surface area contributed by atoms with Crippen LogP contribution in [-0.4, -0.2) is 33.3 Å². The van der Waals surface area contributed by atoms with Crippen LogP contribution in [0.15, 0.2) is 48.9 Å². The minimum absolute atomic E-state index is 0.101. The second-order valence-electron chi connectivity index (χ2n) is 9.26. The Morgan fingerprint density at radius 2 is 1.91 bits per heavy atom. The van der Waals surface area contributed by atoms with Gasteiger partial charge >= 0.3 is 12.1 Å². The molecule has 0 saturated heterocycles. The van der Waals surface area contributed by atoms with Crippen molar-refractivity contribution in [2.45, 2.75) is 51.5 Å². The zero-order valence-electron chi connectivity index (χ0n) is 19.5. The molecular formula is C26H25F3N2O4. The van der Waals surface area contributed by atoms with Crippen molar-refractivity contribution >= 4 is 5.97 Å². The first kappa shape index (κ1) is 24.7. The van der Waals surface area contributed by atoms with Gasteiger partial charge in [0.25, 0.3) is 0 Å². The van der Waals surface area contributed by atoms with Crippen LogP contribution in [0.25, 0.3) is 22.4 Å². The third-order valence-corrected chi connectivity index (χ3v) is 5.56. The Balaban J connectivity index is 2.10. The fourth-order valence-corrected chi connectivity index (χ4v) is 4.22. The number of rotatable bonds is 5.